The van der Waals surface area contributed by atoms with Gasteiger partial charge in [0.2, 0.25) is 5.91 Å². The van der Waals surface area contributed by atoms with Crippen LogP contribution in [0.1, 0.15) is 232 Å². The van der Waals surface area contributed by atoms with Crippen LogP contribution in [0.2, 0.25) is 0 Å². The first kappa shape index (κ1) is 47.1. The van der Waals surface area contributed by atoms with Gasteiger partial charge in [-0.2, -0.15) is 0 Å². The number of carbonyl (C=O) groups is 1. The van der Waals surface area contributed by atoms with E-state index in [4.69, 9.17) is 0 Å². The van der Waals surface area contributed by atoms with Gasteiger partial charge < -0.3 is 20.6 Å². The van der Waals surface area contributed by atoms with E-state index in [9.17, 15) is 20.1 Å². The van der Waals surface area contributed by atoms with Crippen LogP contribution in [0.5, 0.6) is 0 Å². The topological polar surface area (TPSA) is 89.8 Å². The highest BCUT2D eigenvalue weighted by Crippen LogP contribution is 2.17. The molecule has 5 nitrogen and oxygen atoms in total. The standard InChI is InChI=1S/C43H85NO4/c1-3-5-7-9-11-13-14-15-16-17-18-19-20-21-22-23-24-25-26-27-28-30-31-33-35-37-41(46)40(39-45)44-43(48)42(47)38-36-34-32-29-12-10-8-6-4-2/h10,12,40-42,45-47H,3-9,11,13-39H2,1-2H3,(H,44,48)/b12-10-. The molecule has 0 aromatic carbocycles. The summed E-state index contributed by atoms with van der Waals surface area (Å²) in [5.74, 6) is -0.484. The average molecular weight is 680 g/mol. The van der Waals surface area contributed by atoms with Crippen LogP contribution in [0.15, 0.2) is 12.2 Å². The summed E-state index contributed by atoms with van der Waals surface area (Å²) in [5.41, 5.74) is 0. The highest BCUT2D eigenvalue weighted by Gasteiger charge is 2.23. The number of hydrogen-bond acceptors (Lipinski definition) is 4. The van der Waals surface area contributed by atoms with Gasteiger partial charge in [-0.25, -0.2) is 0 Å². The summed E-state index contributed by atoms with van der Waals surface area (Å²) in [6, 6.07) is -0.713. The van der Waals surface area contributed by atoms with Crippen molar-refractivity contribution in [2.45, 2.75) is 250 Å². The molecule has 0 radical (unpaired) electrons. The maximum absolute atomic E-state index is 12.4. The molecule has 0 spiro atoms. The van der Waals surface area contributed by atoms with Gasteiger partial charge in [0, 0.05) is 0 Å². The van der Waals surface area contributed by atoms with E-state index in [1.807, 2.05) is 0 Å². The molecule has 0 aromatic rings. The molecule has 0 saturated heterocycles. The van der Waals surface area contributed by atoms with Gasteiger partial charge in [-0.05, 0) is 32.1 Å². The molecule has 0 fully saturated rings. The summed E-state index contributed by atoms with van der Waals surface area (Å²) in [6.07, 6.45) is 45.2. The van der Waals surface area contributed by atoms with Crippen LogP contribution in [-0.2, 0) is 4.79 Å². The van der Waals surface area contributed by atoms with Crippen molar-refractivity contribution in [1.29, 1.82) is 0 Å². The van der Waals surface area contributed by atoms with E-state index in [0.717, 1.165) is 44.9 Å². The maximum Gasteiger partial charge on any atom is 0.249 e. The predicted octanol–water partition coefficient (Wildman–Crippen LogP) is 12.0. The number of hydrogen-bond donors (Lipinski definition) is 4. The summed E-state index contributed by atoms with van der Waals surface area (Å²) in [5, 5.41) is 33.1. The van der Waals surface area contributed by atoms with Gasteiger partial charge >= 0.3 is 0 Å². The quantitative estimate of drug-likeness (QED) is 0.0384. The van der Waals surface area contributed by atoms with Gasteiger partial charge in [-0.3, -0.25) is 4.79 Å². The van der Waals surface area contributed by atoms with E-state index in [2.05, 4.69) is 31.3 Å². The number of aliphatic hydroxyl groups excluding tert-OH is 3. The number of aliphatic hydroxyl groups is 3. The molecular formula is C43H85NO4. The van der Waals surface area contributed by atoms with Gasteiger partial charge in [-0.1, -0.05) is 212 Å². The average Bonchev–Trinajstić information content (AvgIpc) is 3.09. The van der Waals surface area contributed by atoms with Crippen molar-refractivity contribution in [3.05, 3.63) is 12.2 Å². The number of nitrogens with one attached hydrogen (secondary N) is 1. The summed E-state index contributed by atoms with van der Waals surface area (Å²) >= 11 is 0. The van der Waals surface area contributed by atoms with Crippen molar-refractivity contribution in [3.8, 4) is 0 Å². The Morgan fingerprint density at radius 3 is 1.21 bits per heavy atom. The summed E-state index contributed by atoms with van der Waals surface area (Å²) in [6.45, 7) is 4.17. The van der Waals surface area contributed by atoms with Gasteiger partial charge in [0.15, 0.2) is 0 Å². The minimum Gasteiger partial charge on any atom is -0.394 e. The van der Waals surface area contributed by atoms with Gasteiger partial charge in [0.05, 0.1) is 18.8 Å². The first-order valence-electron chi connectivity index (χ1n) is 21.5. The first-order chi connectivity index (χ1) is 23.6. The van der Waals surface area contributed by atoms with E-state index in [1.54, 1.807) is 0 Å². The van der Waals surface area contributed by atoms with Crippen molar-refractivity contribution in [2.24, 2.45) is 0 Å². The smallest absolute Gasteiger partial charge is 0.249 e. The zero-order valence-corrected chi connectivity index (χ0v) is 32.4. The fourth-order valence-electron chi connectivity index (χ4n) is 6.70. The maximum atomic E-state index is 12.4. The van der Waals surface area contributed by atoms with Gasteiger partial charge in [0.25, 0.3) is 0 Å². The lowest BCUT2D eigenvalue weighted by Crippen LogP contribution is -2.49. The molecule has 286 valence electrons. The fraction of sp³-hybridized carbons (Fsp3) is 0.930. The van der Waals surface area contributed by atoms with E-state index < -0.39 is 24.2 Å². The number of allylic oxidation sites excluding steroid dienone is 2. The van der Waals surface area contributed by atoms with Crippen LogP contribution >= 0.6 is 0 Å². The Labute approximate surface area is 299 Å². The molecule has 0 aliphatic rings. The van der Waals surface area contributed by atoms with Gasteiger partial charge in [-0.15, -0.1) is 0 Å². The lowest BCUT2D eigenvalue weighted by Gasteiger charge is -2.23. The zero-order chi connectivity index (χ0) is 35.2. The number of unbranched alkanes of at least 4 members (excludes halogenated alkanes) is 29. The van der Waals surface area contributed by atoms with Crippen molar-refractivity contribution >= 4 is 5.91 Å². The van der Waals surface area contributed by atoms with Crippen LogP contribution in [0.4, 0.5) is 0 Å². The first-order valence-corrected chi connectivity index (χ1v) is 21.5. The van der Waals surface area contributed by atoms with Crippen molar-refractivity contribution in [3.63, 3.8) is 0 Å². The molecule has 0 bridgehead atoms. The van der Waals surface area contributed by atoms with Crippen molar-refractivity contribution in [1.82, 2.24) is 5.32 Å². The van der Waals surface area contributed by atoms with Crippen molar-refractivity contribution < 1.29 is 20.1 Å². The molecule has 0 saturated carbocycles. The summed E-state index contributed by atoms with van der Waals surface area (Å²) in [7, 11) is 0. The van der Waals surface area contributed by atoms with E-state index in [0.29, 0.717) is 12.8 Å². The fourth-order valence-corrected chi connectivity index (χ4v) is 6.70. The molecule has 48 heavy (non-hydrogen) atoms. The van der Waals surface area contributed by atoms with Crippen LogP contribution in [0, 0.1) is 0 Å². The third-order valence-electron chi connectivity index (χ3n) is 10.1. The number of amides is 1. The minimum absolute atomic E-state index is 0.316. The Bertz CT molecular complexity index is 669. The second-order valence-electron chi connectivity index (χ2n) is 14.9. The normalized spacial score (nSPS) is 13.7. The molecule has 0 rings (SSSR count). The lowest BCUT2D eigenvalue weighted by molar-refractivity contribution is -0.131. The molecule has 4 N–H and O–H groups in total. The Kier molecular flexibility index (Phi) is 38.1. The second-order valence-corrected chi connectivity index (χ2v) is 14.9. The largest absolute Gasteiger partial charge is 0.394 e. The van der Waals surface area contributed by atoms with Crippen LogP contribution < -0.4 is 5.32 Å². The SMILES string of the molecule is CCCC/C=C\CCCCCC(O)C(=O)NC(CO)C(O)CCCCCCCCCCCCCCCCCCCCCCCCCCC. The Morgan fingerprint density at radius 1 is 0.479 bits per heavy atom. The zero-order valence-electron chi connectivity index (χ0n) is 32.4. The molecule has 3 unspecified atom stereocenters. The lowest BCUT2D eigenvalue weighted by atomic mass is 10.0. The molecule has 3 atom stereocenters. The Morgan fingerprint density at radius 2 is 0.812 bits per heavy atom. The Balaban J connectivity index is 3.51. The summed E-state index contributed by atoms with van der Waals surface area (Å²) < 4.78 is 0. The molecule has 0 aromatic heterocycles. The van der Waals surface area contributed by atoms with Crippen LogP contribution in [0.3, 0.4) is 0 Å². The molecule has 0 aliphatic heterocycles. The number of carbonyl (C=O) groups excluding carboxylic acids is 1. The van der Waals surface area contributed by atoms with E-state index in [1.165, 1.54) is 161 Å². The molecule has 5 heteroatoms. The van der Waals surface area contributed by atoms with Crippen LogP contribution in [-0.4, -0.2) is 46.1 Å². The van der Waals surface area contributed by atoms with E-state index >= 15 is 0 Å². The highest BCUT2D eigenvalue weighted by molar-refractivity contribution is 5.80. The monoisotopic (exact) mass is 680 g/mol. The van der Waals surface area contributed by atoms with Crippen molar-refractivity contribution in [2.75, 3.05) is 6.61 Å². The van der Waals surface area contributed by atoms with Gasteiger partial charge in [0.1, 0.15) is 6.10 Å². The Hall–Kier alpha value is -0.910. The van der Waals surface area contributed by atoms with E-state index in [-0.39, 0.29) is 6.61 Å². The molecule has 1 amide bonds. The molecule has 0 aliphatic carbocycles. The molecular weight excluding hydrogens is 594 g/mol. The minimum atomic E-state index is -1.08. The number of rotatable bonds is 39. The van der Waals surface area contributed by atoms with Crippen LogP contribution in [0.25, 0.3) is 0 Å². The second kappa shape index (κ2) is 38.9. The molecule has 0 heterocycles. The third-order valence-corrected chi connectivity index (χ3v) is 10.1. The summed E-state index contributed by atoms with van der Waals surface area (Å²) in [4.78, 5) is 12.4. The third kappa shape index (κ3) is 33.6. The predicted molar refractivity (Wildman–Crippen MR) is 208 cm³/mol. The highest BCUT2D eigenvalue weighted by atomic mass is 16.3.